The van der Waals surface area contributed by atoms with E-state index >= 15 is 0 Å². The van der Waals surface area contributed by atoms with Gasteiger partial charge in [0.05, 0.1) is 0 Å². The second kappa shape index (κ2) is 20.7. The number of nitrogens with one attached hydrogen (secondary N) is 2. The molecule has 0 aliphatic carbocycles. The Kier molecular flexibility index (Phi) is 17.5. The summed E-state index contributed by atoms with van der Waals surface area (Å²) in [6, 6.07) is 9.06. The molecule has 0 aromatic heterocycles. The average Bonchev–Trinajstić information content (AvgIpc) is 2.84. The molecule has 0 bridgehead atoms. The smallest absolute Gasteiger partial charge is 0.251 e. The third-order valence-electron chi connectivity index (χ3n) is 4.70. The Labute approximate surface area is 200 Å². The van der Waals surface area contributed by atoms with Gasteiger partial charge in [-0.2, -0.15) is 0 Å². The fourth-order valence-electron chi connectivity index (χ4n) is 2.91. The van der Waals surface area contributed by atoms with Crippen LogP contribution in [0.2, 0.25) is 0 Å². The second-order valence-corrected chi connectivity index (χ2v) is 7.57. The Morgan fingerprint density at radius 1 is 0.697 bits per heavy atom. The Morgan fingerprint density at radius 2 is 1.21 bits per heavy atom. The summed E-state index contributed by atoms with van der Waals surface area (Å²) in [6.07, 6.45) is 29.0. The molecule has 33 heavy (non-hydrogen) atoms. The van der Waals surface area contributed by atoms with E-state index in [1.165, 1.54) is 0 Å². The minimum atomic E-state index is -0.122. The summed E-state index contributed by atoms with van der Waals surface area (Å²) in [5.41, 5.74) is 0.626. The van der Waals surface area contributed by atoms with Gasteiger partial charge in [0.25, 0.3) is 5.91 Å². The number of rotatable bonds is 17. The van der Waals surface area contributed by atoms with E-state index in [4.69, 9.17) is 0 Å². The van der Waals surface area contributed by atoms with E-state index in [9.17, 15) is 9.59 Å². The van der Waals surface area contributed by atoms with Crippen LogP contribution in [-0.2, 0) is 4.79 Å². The number of allylic oxidation sites excluding steroid dienone is 10. The van der Waals surface area contributed by atoms with E-state index in [1.54, 1.807) is 12.1 Å². The summed E-state index contributed by atoms with van der Waals surface area (Å²) < 4.78 is 0. The molecule has 0 atom stereocenters. The molecule has 178 valence electrons. The number of amides is 2. The first kappa shape index (κ1) is 27.9. The predicted molar refractivity (Wildman–Crippen MR) is 140 cm³/mol. The normalized spacial score (nSPS) is 12.0. The van der Waals surface area contributed by atoms with Crippen LogP contribution in [0.25, 0.3) is 0 Å². The molecule has 2 N–H and O–H groups in total. The highest BCUT2D eigenvalue weighted by Crippen LogP contribution is 2.00. The molecule has 0 radical (unpaired) electrons. The first-order valence-corrected chi connectivity index (χ1v) is 12.1. The number of carbonyl (C=O) groups excluding carboxylic acids is 2. The van der Waals surface area contributed by atoms with Crippen molar-refractivity contribution < 1.29 is 9.59 Å². The van der Waals surface area contributed by atoms with Gasteiger partial charge in [-0.25, -0.2) is 0 Å². The molecule has 0 unspecified atom stereocenters. The quantitative estimate of drug-likeness (QED) is 0.212. The minimum Gasteiger partial charge on any atom is -0.354 e. The lowest BCUT2D eigenvalue weighted by Crippen LogP contribution is -2.34. The highest BCUT2D eigenvalue weighted by atomic mass is 16.2. The van der Waals surface area contributed by atoms with Crippen molar-refractivity contribution >= 4 is 11.8 Å². The Balaban J connectivity index is 1.95. The SMILES string of the molecule is CCC=CCC=CCC=CCC=CCC=CCCCC(=O)NCCNC(=O)c1ccccc1. The van der Waals surface area contributed by atoms with Gasteiger partial charge in [-0.1, -0.05) is 85.9 Å². The Hall–Kier alpha value is -3.14. The summed E-state index contributed by atoms with van der Waals surface area (Å²) >= 11 is 0. The van der Waals surface area contributed by atoms with Gasteiger partial charge in [0.1, 0.15) is 0 Å². The molecular formula is C29H40N2O2. The number of hydrogen-bond acceptors (Lipinski definition) is 2. The fourth-order valence-corrected chi connectivity index (χ4v) is 2.91. The molecule has 0 heterocycles. The Morgan fingerprint density at radius 3 is 1.79 bits per heavy atom. The van der Waals surface area contributed by atoms with E-state index in [2.05, 4.69) is 78.3 Å². The van der Waals surface area contributed by atoms with Gasteiger partial charge < -0.3 is 10.6 Å². The average molecular weight is 449 g/mol. The first-order chi connectivity index (χ1) is 16.2. The molecule has 4 heteroatoms. The van der Waals surface area contributed by atoms with Crippen molar-refractivity contribution in [3.05, 3.63) is 96.7 Å². The zero-order chi connectivity index (χ0) is 23.8. The van der Waals surface area contributed by atoms with Gasteiger partial charge >= 0.3 is 0 Å². The van der Waals surface area contributed by atoms with Gasteiger partial charge in [0.2, 0.25) is 5.91 Å². The van der Waals surface area contributed by atoms with Crippen molar-refractivity contribution in [2.75, 3.05) is 13.1 Å². The monoisotopic (exact) mass is 448 g/mol. The number of carbonyl (C=O) groups is 2. The van der Waals surface area contributed by atoms with Crippen LogP contribution in [0.4, 0.5) is 0 Å². The van der Waals surface area contributed by atoms with Crippen LogP contribution in [0, 0.1) is 0 Å². The lowest BCUT2D eigenvalue weighted by Gasteiger charge is -2.07. The van der Waals surface area contributed by atoms with Gasteiger partial charge in [0, 0.05) is 25.1 Å². The number of benzene rings is 1. The van der Waals surface area contributed by atoms with Gasteiger partial charge in [-0.05, 0) is 57.1 Å². The van der Waals surface area contributed by atoms with Crippen molar-refractivity contribution in [2.45, 2.75) is 58.3 Å². The highest BCUT2D eigenvalue weighted by Gasteiger charge is 2.04. The summed E-state index contributed by atoms with van der Waals surface area (Å²) in [7, 11) is 0. The van der Waals surface area contributed by atoms with Crippen LogP contribution in [0.15, 0.2) is 91.1 Å². The lowest BCUT2D eigenvalue weighted by atomic mass is 10.2. The van der Waals surface area contributed by atoms with Crippen LogP contribution in [-0.4, -0.2) is 24.9 Å². The molecule has 0 saturated heterocycles. The van der Waals surface area contributed by atoms with Crippen LogP contribution in [0.3, 0.4) is 0 Å². The fraction of sp³-hybridized carbons (Fsp3) is 0.379. The summed E-state index contributed by atoms with van der Waals surface area (Å²) in [4.78, 5) is 23.7. The molecule has 0 saturated carbocycles. The zero-order valence-corrected chi connectivity index (χ0v) is 20.0. The maximum absolute atomic E-state index is 11.9. The third-order valence-corrected chi connectivity index (χ3v) is 4.70. The number of unbranched alkanes of at least 4 members (excludes halogenated alkanes) is 1. The van der Waals surface area contributed by atoms with Crippen LogP contribution < -0.4 is 10.6 Å². The number of hydrogen-bond donors (Lipinski definition) is 2. The van der Waals surface area contributed by atoms with Gasteiger partial charge in [0.15, 0.2) is 0 Å². The van der Waals surface area contributed by atoms with E-state index in [0.717, 1.165) is 44.9 Å². The van der Waals surface area contributed by atoms with Crippen molar-refractivity contribution in [1.82, 2.24) is 10.6 Å². The molecule has 4 nitrogen and oxygen atoms in total. The maximum Gasteiger partial charge on any atom is 0.251 e. The van der Waals surface area contributed by atoms with E-state index in [-0.39, 0.29) is 11.8 Å². The standard InChI is InChI=1S/C29H40N2O2/c1-2-3-4-5-6-7-8-9-10-11-12-13-14-15-16-17-21-24-28(32)30-25-26-31-29(33)27-22-19-18-20-23-27/h3-4,6-7,9-10,12-13,15-16,18-20,22-23H,2,5,8,11,14,17,21,24-26H2,1H3,(H,30,32)(H,31,33). The summed E-state index contributed by atoms with van der Waals surface area (Å²) in [6.45, 7) is 3.02. The minimum absolute atomic E-state index is 0.0244. The van der Waals surface area contributed by atoms with Crippen molar-refractivity contribution in [1.29, 1.82) is 0 Å². The van der Waals surface area contributed by atoms with Crippen LogP contribution >= 0.6 is 0 Å². The molecule has 1 aromatic carbocycles. The van der Waals surface area contributed by atoms with E-state index in [0.29, 0.717) is 25.1 Å². The zero-order valence-electron chi connectivity index (χ0n) is 20.0. The van der Waals surface area contributed by atoms with Crippen LogP contribution in [0.1, 0.15) is 68.6 Å². The lowest BCUT2D eigenvalue weighted by molar-refractivity contribution is -0.121. The molecule has 2 amide bonds. The third kappa shape index (κ3) is 17.1. The van der Waals surface area contributed by atoms with Crippen LogP contribution in [0.5, 0.6) is 0 Å². The van der Waals surface area contributed by atoms with Gasteiger partial charge in [-0.3, -0.25) is 9.59 Å². The van der Waals surface area contributed by atoms with E-state index in [1.807, 2.05) is 18.2 Å². The molecule has 1 rings (SSSR count). The topological polar surface area (TPSA) is 58.2 Å². The molecule has 0 aliphatic rings. The summed E-state index contributed by atoms with van der Waals surface area (Å²) in [5.74, 6) is -0.0976. The first-order valence-electron chi connectivity index (χ1n) is 12.1. The Bertz CT molecular complexity index is 789. The largest absolute Gasteiger partial charge is 0.354 e. The van der Waals surface area contributed by atoms with Gasteiger partial charge in [-0.15, -0.1) is 0 Å². The molecular weight excluding hydrogens is 408 g/mol. The van der Waals surface area contributed by atoms with Crippen molar-refractivity contribution in [2.24, 2.45) is 0 Å². The molecule has 0 fully saturated rings. The van der Waals surface area contributed by atoms with Crippen molar-refractivity contribution in [3.8, 4) is 0 Å². The highest BCUT2D eigenvalue weighted by molar-refractivity contribution is 5.94. The second-order valence-electron chi connectivity index (χ2n) is 7.57. The molecule has 0 aliphatic heterocycles. The predicted octanol–water partition coefficient (Wildman–Crippen LogP) is 6.45. The molecule has 1 aromatic rings. The van der Waals surface area contributed by atoms with E-state index < -0.39 is 0 Å². The van der Waals surface area contributed by atoms with Crippen molar-refractivity contribution in [3.63, 3.8) is 0 Å². The summed E-state index contributed by atoms with van der Waals surface area (Å²) in [5, 5.41) is 5.64. The molecule has 0 spiro atoms. The maximum atomic E-state index is 11.9.